The van der Waals surface area contributed by atoms with Crippen LogP contribution >= 0.6 is 34.8 Å². The highest BCUT2D eigenvalue weighted by Crippen LogP contribution is 2.30. The van der Waals surface area contributed by atoms with Gasteiger partial charge in [-0.3, -0.25) is 9.59 Å². The fraction of sp³-hybridized carbons (Fsp3) is 0.250. The molecule has 0 saturated carbocycles. The second-order valence-corrected chi connectivity index (χ2v) is 10.4. The fourth-order valence-corrected chi connectivity index (χ4v) is 5.23. The predicted octanol–water partition coefficient (Wildman–Crippen LogP) is 5.68. The van der Waals surface area contributed by atoms with Crippen LogP contribution in [0.15, 0.2) is 60.7 Å². The first-order valence-corrected chi connectivity index (χ1v) is 13.3. The second-order valence-electron chi connectivity index (χ2n) is 9.15. The molecule has 0 heterocycles. The summed E-state index contributed by atoms with van der Waals surface area (Å²) in [6.07, 6.45) is 1.78. The number of halogens is 3. The largest absolute Gasteiger partial charge is 0.348 e. The van der Waals surface area contributed by atoms with Crippen molar-refractivity contribution in [3.8, 4) is 0 Å². The van der Waals surface area contributed by atoms with Crippen molar-refractivity contribution >= 4 is 52.6 Å². The molecule has 10 heteroatoms. The lowest BCUT2D eigenvalue weighted by Crippen LogP contribution is -2.45. The molecule has 0 fully saturated rings. The summed E-state index contributed by atoms with van der Waals surface area (Å²) in [5.41, 5.74) is 3.49. The molecule has 2 atom stereocenters. The molecular weight excluding hydrogens is 547 g/mol. The molecule has 4 N–H and O–H groups in total. The van der Waals surface area contributed by atoms with Crippen LogP contribution in [0.25, 0.3) is 0 Å². The maximum atomic E-state index is 12.9. The summed E-state index contributed by atoms with van der Waals surface area (Å²) in [7, 11) is 0. The van der Waals surface area contributed by atoms with E-state index in [0.29, 0.717) is 5.02 Å². The number of rotatable bonds is 8. The Morgan fingerprint density at radius 1 is 0.921 bits per heavy atom. The minimum absolute atomic E-state index is 0.0325. The number of benzene rings is 3. The number of fused-ring (bicyclic) bond motifs is 1. The van der Waals surface area contributed by atoms with E-state index in [4.69, 9.17) is 34.8 Å². The van der Waals surface area contributed by atoms with Crippen molar-refractivity contribution in [3.05, 3.63) is 104 Å². The SMILES string of the molecule is C[C@H](CNC(=O)NC1CCc2ccccc21)NC(=O)c1c(Cl)cc(C(=O)NCc2cccc(Cl)c2)cc1Cl. The maximum Gasteiger partial charge on any atom is 0.315 e. The molecule has 0 aromatic heterocycles. The molecule has 4 rings (SSSR count). The predicted molar refractivity (Wildman–Crippen MR) is 150 cm³/mol. The highest BCUT2D eigenvalue weighted by molar-refractivity contribution is 6.40. The van der Waals surface area contributed by atoms with Crippen molar-refractivity contribution in [2.45, 2.75) is 38.4 Å². The Hall–Kier alpha value is -3.26. The molecule has 38 heavy (non-hydrogen) atoms. The average Bonchev–Trinajstić information content (AvgIpc) is 3.28. The quantitative estimate of drug-likeness (QED) is 0.279. The first-order valence-electron chi connectivity index (χ1n) is 12.2. The Labute approximate surface area is 236 Å². The van der Waals surface area contributed by atoms with E-state index in [1.807, 2.05) is 24.3 Å². The molecule has 0 aliphatic heterocycles. The van der Waals surface area contributed by atoms with Gasteiger partial charge < -0.3 is 21.3 Å². The van der Waals surface area contributed by atoms with Gasteiger partial charge in [0.2, 0.25) is 0 Å². The van der Waals surface area contributed by atoms with Crippen LogP contribution in [-0.4, -0.2) is 30.4 Å². The number of carbonyl (C=O) groups is 3. The lowest BCUT2D eigenvalue weighted by molar-refractivity contribution is 0.0932. The van der Waals surface area contributed by atoms with Crippen molar-refractivity contribution in [3.63, 3.8) is 0 Å². The van der Waals surface area contributed by atoms with Crippen LogP contribution in [0.4, 0.5) is 4.79 Å². The minimum Gasteiger partial charge on any atom is -0.348 e. The Balaban J connectivity index is 1.28. The molecule has 1 aliphatic carbocycles. The van der Waals surface area contributed by atoms with Crippen LogP contribution in [0, 0.1) is 0 Å². The van der Waals surface area contributed by atoms with Gasteiger partial charge in [0, 0.05) is 29.7 Å². The van der Waals surface area contributed by atoms with Crippen molar-refractivity contribution in [2.75, 3.05) is 6.54 Å². The number of aryl methyl sites for hydroxylation is 1. The van der Waals surface area contributed by atoms with Gasteiger partial charge in [0.25, 0.3) is 11.8 Å². The zero-order valence-electron chi connectivity index (χ0n) is 20.6. The fourth-order valence-electron chi connectivity index (χ4n) is 4.36. The summed E-state index contributed by atoms with van der Waals surface area (Å²) in [6, 6.07) is 17.2. The number of carbonyl (C=O) groups excluding carboxylic acids is 3. The van der Waals surface area contributed by atoms with Gasteiger partial charge in [-0.25, -0.2) is 4.79 Å². The van der Waals surface area contributed by atoms with Crippen molar-refractivity contribution in [1.29, 1.82) is 0 Å². The van der Waals surface area contributed by atoms with Crippen LogP contribution in [0.2, 0.25) is 15.1 Å². The van der Waals surface area contributed by atoms with E-state index in [0.717, 1.165) is 24.0 Å². The molecule has 0 saturated heterocycles. The van der Waals surface area contributed by atoms with Crippen LogP contribution in [-0.2, 0) is 13.0 Å². The molecule has 3 aromatic carbocycles. The highest BCUT2D eigenvalue weighted by Gasteiger charge is 2.24. The Kier molecular flexibility index (Phi) is 9.15. The van der Waals surface area contributed by atoms with Gasteiger partial charge in [-0.1, -0.05) is 71.2 Å². The maximum absolute atomic E-state index is 12.9. The van der Waals surface area contributed by atoms with Gasteiger partial charge in [0.05, 0.1) is 21.7 Å². The standard InChI is InChI=1S/C28H27Cl3N4O3/c1-16(14-33-28(38)35-24-10-9-18-6-2-3-8-21(18)24)34-27(37)25-22(30)12-19(13-23(25)31)26(36)32-15-17-5-4-7-20(29)11-17/h2-8,11-13,16,24H,9-10,14-15H2,1H3,(H,32,36)(H,34,37)(H2,33,35,38)/t16-,24?/m1/s1. The topological polar surface area (TPSA) is 99.3 Å². The van der Waals surface area contributed by atoms with E-state index in [1.165, 1.54) is 17.7 Å². The first kappa shape index (κ1) is 27.8. The van der Waals surface area contributed by atoms with Gasteiger partial charge in [-0.2, -0.15) is 0 Å². The molecule has 7 nitrogen and oxygen atoms in total. The third-order valence-electron chi connectivity index (χ3n) is 6.26. The molecular formula is C28H27Cl3N4O3. The summed E-state index contributed by atoms with van der Waals surface area (Å²) in [5.74, 6) is -0.903. The lowest BCUT2D eigenvalue weighted by atomic mass is 10.1. The molecule has 1 unspecified atom stereocenters. The number of nitrogens with one attached hydrogen (secondary N) is 4. The average molecular weight is 574 g/mol. The van der Waals surface area contributed by atoms with Gasteiger partial charge in [-0.05, 0) is 60.7 Å². The summed E-state index contributed by atoms with van der Waals surface area (Å²) in [4.78, 5) is 37.9. The number of amides is 4. The third-order valence-corrected chi connectivity index (χ3v) is 7.09. The van der Waals surface area contributed by atoms with Crippen molar-refractivity contribution < 1.29 is 14.4 Å². The second kappa shape index (κ2) is 12.5. The Morgan fingerprint density at radius 3 is 2.39 bits per heavy atom. The highest BCUT2D eigenvalue weighted by atomic mass is 35.5. The summed E-state index contributed by atoms with van der Waals surface area (Å²) in [5, 5.41) is 12.0. The molecule has 0 bridgehead atoms. The summed E-state index contributed by atoms with van der Waals surface area (Å²) < 4.78 is 0. The number of urea groups is 1. The Bertz CT molecular complexity index is 1340. The Morgan fingerprint density at radius 2 is 1.66 bits per heavy atom. The van der Waals surface area contributed by atoms with Crippen molar-refractivity contribution in [2.24, 2.45) is 0 Å². The van der Waals surface area contributed by atoms with Crippen LogP contribution in [0.3, 0.4) is 0 Å². The molecule has 198 valence electrons. The number of hydrogen-bond acceptors (Lipinski definition) is 3. The zero-order valence-corrected chi connectivity index (χ0v) is 22.9. The number of hydrogen-bond donors (Lipinski definition) is 4. The normalized spacial score (nSPS) is 14.8. The molecule has 1 aliphatic rings. The summed E-state index contributed by atoms with van der Waals surface area (Å²) >= 11 is 18.7. The third kappa shape index (κ3) is 6.98. The van der Waals surface area contributed by atoms with Gasteiger partial charge in [0.15, 0.2) is 0 Å². The van der Waals surface area contributed by atoms with Gasteiger partial charge in [-0.15, -0.1) is 0 Å². The monoisotopic (exact) mass is 572 g/mol. The molecule has 0 radical (unpaired) electrons. The van der Waals surface area contributed by atoms with Gasteiger partial charge in [0.1, 0.15) is 0 Å². The van der Waals surface area contributed by atoms with Crippen molar-refractivity contribution in [1.82, 2.24) is 21.3 Å². The van der Waals surface area contributed by atoms with Crippen LogP contribution in [0.1, 0.15) is 56.8 Å². The van der Waals surface area contributed by atoms with E-state index >= 15 is 0 Å². The lowest BCUT2D eigenvalue weighted by Gasteiger charge is -2.19. The summed E-state index contributed by atoms with van der Waals surface area (Å²) in [6.45, 7) is 2.22. The molecule has 3 aromatic rings. The van der Waals surface area contributed by atoms with E-state index < -0.39 is 17.9 Å². The van der Waals surface area contributed by atoms with E-state index in [-0.39, 0.29) is 46.3 Å². The van der Waals surface area contributed by atoms with E-state index in [2.05, 4.69) is 27.3 Å². The zero-order chi connectivity index (χ0) is 27.2. The van der Waals surface area contributed by atoms with E-state index in [1.54, 1.807) is 25.1 Å². The van der Waals surface area contributed by atoms with Crippen LogP contribution in [0.5, 0.6) is 0 Å². The first-order chi connectivity index (χ1) is 18.2. The molecule has 0 spiro atoms. The molecule has 4 amide bonds. The van der Waals surface area contributed by atoms with E-state index in [9.17, 15) is 14.4 Å². The minimum atomic E-state index is -0.509. The smallest absolute Gasteiger partial charge is 0.315 e. The van der Waals surface area contributed by atoms with Gasteiger partial charge >= 0.3 is 6.03 Å². The van der Waals surface area contributed by atoms with Crippen LogP contribution < -0.4 is 21.3 Å².